The molecule has 0 unspecified atom stereocenters. The van der Waals surface area contributed by atoms with Gasteiger partial charge in [-0.25, -0.2) is 4.79 Å². The lowest BCUT2D eigenvalue weighted by atomic mass is 9.95. The molecule has 0 saturated carbocycles. The highest BCUT2D eigenvalue weighted by atomic mass is 16.5. The van der Waals surface area contributed by atoms with Gasteiger partial charge in [-0.05, 0) is 57.6 Å². The number of hydrogen-bond donors (Lipinski definition) is 0. The summed E-state index contributed by atoms with van der Waals surface area (Å²) >= 11 is 0. The molecule has 2 nitrogen and oxygen atoms in total. The number of hydrogen-bond acceptors (Lipinski definition) is 2. The Morgan fingerprint density at radius 1 is 1.04 bits per heavy atom. The maximum atomic E-state index is 11.8. The monoisotopic (exact) mass is 318 g/mol. The van der Waals surface area contributed by atoms with E-state index in [4.69, 9.17) is 4.74 Å². The number of carbonyl (C=O) groups excluding carboxylic acids is 1. The minimum Gasteiger partial charge on any atom is -0.465 e. The Morgan fingerprint density at radius 2 is 1.79 bits per heavy atom. The van der Waals surface area contributed by atoms with E-state index in [0.29, 0.717) is 11.5 Å². The fourth-order valence-corrected chi connectivity index (χ4v) is 2.98. The number of allylic oxidation sites excluding steroid dienone is 1. The topological polar surface area (TPSA) is 26.3 Å². The lowest BCUT2D eigenvalue weighted by Crippen LogP contribution is -2.00. The van der Waals surface area contributed by atoms with Gasteiger partial charge in [-0.3, -0.25) is 0 Å². The molecule has 2 heteroatoms. The summed E-state index contributed by atoms with van der Waals surface area (Å²) in [5, 5.41) is 4.57. The Morgan fingerprint density at radius 3 is 2.50 bits per heavy atom. The standard InChI is InChI=1S/C22H22O2/c1-15(2)7-6-8-16-13-17-11-12-18(22(23)24-3)14-21(17)20-10-5-4-9-19(16)20/h4-6,8-15H,7H2,1-3H3/b8-6+. The van der Waals surface area contributed by atoms with Crippen LogP contribution >= 0.6 is 0 Å². The van der Waals surface area contributed by atoms with Crippen molar-refractivity contribution in [2.45, 2.75) is 20.3 Å². The van der Waals surface area contributed by atoms with E-state index in [-0.39, 0.29) is 5.97 Å². The van der Waals surface area contributed by atoms with E-state index < -0.39 is 0 Å². The van der Waals surface area contributed by atoms with Crippen LogP contribution in [-0.4, -0.2) is 13.1 Å². The van der Waals surface area contributed by atoms with Crippen molar-refractivity contribution in [1.29, 1.82) is 0 Å². The summed E-state index contributed by atoms with van der Waals surface area (Å²) in [6.45, 7) is 4.44. The maximum absolute atomic E-state index is 11.8. The predicted octanol–water partition coefficient (Wildman–Crippen LogP) is 5.84. The van der Waals surface area contributed by atoms with Gasteiger partial charge in [-0.15, -0.1) is 0 Å². The molecule has 122 valence electrons. The van der Waals surface area contributed by atoms with Crippen molar-refractivity contribution in [2.24, 2.45) is 5.92 Å². The van der Waals surface area contributed by atoms with Crippen LogP contribution in [0.25, 0.3) is 27.6 Å². The SMILES string of the molecule is COC(=O)c1ccc2cc(/C=C/CC(C)C)c3ccccc3c2c1. The summed E-state index contributed by atoms with van der Waals surface area (Å²) in [5.74, 6) is 0.345. The van der Waals surface area contributed by atoms with Gasteiger partial charge < -0.3 is 4.74 Å². The van der Waals surface area contributed by atoms with Crippen LogP contribution in [0.15, 0.2) is 54.6 Å². The van der Waals surface area contributed by atoms with E-state index in [1.54, 1.807) is 0 Å². The Balaban J connectivity index is 2.20. The Labute approximate surface area is 142 Å². The number of esters is 1. The molecular weight excluding hydrogens is 296 g/mol. The first-order chi connectivity index (χ1) is 11.6. The van der Waals surface area contributed by atoms with E-state index in [0.717, 1.165) is 22.6 Å². The summed E-state index contributed by atoms with van der Waals surface area (Å²) < 4.78 is 4.85. The van der Waals surface area contributed by atoms with Crippen LogP contribution in [0, 0.1) is 5.92 Å². The Kier molecular flexibility index (Phi) is 4.66. The van der Waals surface area contributed by atoms with Gasteiger partial charge in [0.2, 0.25) is 0 Å². The van der Waals surface area contributed by atoms with E-state index in [1.165, 1.54) is 18.1 Å². The number of methoxy groups -OCH3 is 1. The highest BCUT2D eigenvalue weighted by molar-refractivity contribution is 6.12. The zero-order valence-corrected chi connectivity index (χ0v) is 14.4. The van der Waals surface area contributed by atoms with Gasteiger partial charge >= 0.3 is 5.97 Å². The molecule has 0 aromatic heterocycles. The molecule has 0 aliphatic carbocycles. The van der Waals surface area contributed by atoms with Crippen molar-refractivity contribution >= 4 is 33.6 Å². The molecule has 0 amide bonds. The van der Waals surface area contributed by atoms with Gasteiger partial charge in [-0.1, -0.05) is 56.3 Å². The third-order valence-electron chi connectivity index (χ3n) is 4.22. The summed E-state index contributed by atoms with van der Waals surface area (Å²) in [6, 6.07) is 16.3. The van der Waals surface area contributed by atoms with Crippen molar-refractivity contribution in [1.82, 2.24) is 0 Å². The lowest BCUT2D eigenvalue weighted by molar-refractivity contribution is 0.0601. The van der Waals surface area contributed by atoms with Gasteiger partial charge in [0.1, 0.15) is 0 Å². The lowest BCUT2D eigenvalue weighted by Gasteiger charge is -2.09. The fraction of sp³-hybridized carbons (Fsp3) is 0.227. The number of rotatable bonds is 4. The quantitative estimate of drug-likeness (QED) is 0.446. The fourth-order valence-electron chi connectivity index (χ4n) is 2.98. The summed E-state index contributed by atoms with van der Waals surface area (Å²) in [4.78, 5) is 11.8. The second kappa shape index (κ2) is 6.88. The zero-order valence-electron chi connectivity index (χ0n) is 14.4. The van der Waals surface area contributed by atoms with Crippen LogP contribution in [0.2, 0.25) is 0 Å². The van der Waals surface area contributed by atoms with Crippen molar-refractivity contribution in [3.8, 4) is 0 Å². The summed E-state index contributed by atoms with van der Waals surface area (Å²) in [5.41, 5.74) is 1.79. The van der Waals surface area contributed by atoms with Crippen LogP contribution in [0.4, 0.5) is 0 Å². The molecule has 0 aliphatic rings. The van der Waals surface area contributed by atoms with E-state index >= 15 is 0 Å². The van der Waals surface area contributed by atoms with Crippen LogP contribution < -0.4 is 0 Å². The first-order valence-electron chi connectivity index (χ1n) is 8.30. The van der Waals surface area contributed by atoms with E-state index in [1.807, 2.05) is 24.3 Å². The molecule has 0 radical (unpaired) electrons. The maximum Gasteiger partial charge on any atom is 0.337 e. The molecule has 0 aliphatic heterocycles. The average molecular weight is 318 g/mol. The highest BCUT2D eigenvalue weighted by Crippen LogP contribution is 2.30. The first-order valence-corrected chi connectivity index (χ1v) is 8.30. The Bertz CT molecular complexity index is 920. The van der Waals surface area contributed by atoms with Crippen molar-refractivity contribution < 1.29 is 9.53 Å². The van der Waals surface area contributed by atoms with Gasteiger partial charge in [0, 0.05) is 0 Å². The van der Waals surface area contributed by atoms with Gasteiger partial charge in [0.25, 0.3) is 0 Å². The molecule has 24 heavy (non-hydrogen) atoms. The second-order valence-corrected chi connectivity index (χ2v) is 6.47. The van der Waals surface area contributed by atoms with E-state index in [9.17, 15) is 4.79 Å². The molecule has 3 aromatic rings. The van der Waals surface area contributed by atoms with Gasteiger partial charge in [0.15, 0.2) is 0 Å². The molecule has 3 rings (SSSR count). The molecule has 0 heterocycles. The third-order valence-corrected chi connectivity index (χ3v) is 4.22. The molecule has 0 bridgehead atoms. The van der Waals surface area contributed by atoms with Crippen molar-refractivity contribution in [3.05, 3.63) is 65.7 Å². The first kappa shape index (κ1) is 16.3. The molecular formula is C22H22O2. The second-order valence-electron chi connectivity index (χ2n) is 6.47. The minimum absolute atomic E-state index is 0.304. The molecule has 3 aromatic carbocycles. The predicted molar refractivity (Wildman–Crippen MR) is 101 cm³/mol. The minimum atomic E-state index is -0.304. The summed E-state index contributed by atoms with van der Waals surface area (Å²) in [7, 11) is 1.41. The van der Waals surface area contributed by atoms with Crippen molar-refractivity contribution in [3.63, 3.8) is 0 Å². The number of carbonyl (C=O) groups is 1. The van der Waals surface area contributed by atoms with Gasteiger partial charge in [0.05, 0.1) is 12.7 Å². The average Bonchev–Trinajstić information content (AvgIpc) is 2.60. The largest absolute Gasteiger partial charge is 0.465 e. The smallest absolute Gasteiger partial charge is 0.337 e. The third kappa shape index (κ3) is 3.18. The molecule has 0 saturated heterocycles. The number of ether oxygens (including phenoxy) is 1. The van der Waals surface area contributed by atoms with E-state index in [2.05, 4.69) is 50.3 Å². The van der Waals surface area contributed by atoms with Crippen LogP contribution in [0.5, 0.6) is 0 Å². The Hall–Kier alpha value is -2.61. The molecule has 0 spiro atoms. The number of benzene rings is 3. The molecule has 0 atom stereocenters. The molecule has 0 fully saturated rings. The normalized spacial score (nSPS) is 11.7. The highest BCUT2D eigenvalue weighted by Gasteiger charge is 2.09. The number of fused-ring (bicyclic) bond motifs is 3. The zero-order chi connectivity index (χ0) is 17.1. The summed E-state index contributed by atoms with van der Waals surface area (Å²) in [6.07, 6.45) is 5.50. The molecule has 0 N–H and O–H groups in total. The van der Waals surface area contributed by atoms with Gasteiger partial charge in [-0.2, -0.15) is 0 Å². The van der Waals surface area contributed by atoms with Crippen LogP contribution in [0.3, 0.4) is 0 Å². The van der Waals surface area contributed by atoms with Crippen LogP contribution in [-0.2, 0) is 4.74 Å². The van der Waals surface area contributed by atoms with Crippen molar-refractivity contribution in [2.75, 3.05) is 7.11 Å². The van der Waals surface area contributed by atoms with Crippen LogP contribution in [0.1, 0.15) is 36.2 Å².